The molecule has 1 saturated heterocycles. The predicted molar refractivity (Wildman–Crippen MR) is 78.7 cm³/mol. The highest BCUT2D eigenvalue weighted by molar-refractivity contribution is 9.09. The van der Waals surface area contributed by atoms with Crippen molar-refractivity contribution < 1.29 is 4.74 Å². The fourth-order valence-electron chi connectivity index (χ4n) is 2.89. The second-order valence-corrected chi connectivity index (χ2v) is 6.04. The van der Waals surface area contributed by atoms with Crippen LogP contribution in [0.2, 0.25) is 0 Å². The molecule has 1 aromatic heterocycles. The number of H-pyrrole nitrogens is 2. The van der Waals surface area contributed by atoms with Gasteiger partial charge in [0.15, 0.2) is 0 Å². The largest absolute Gasteiger partial charge is 0.378 e. The first kappa shape index (κ1) is 12.9. The summed E-state index contributed by atoms with van der Waals surface area (Å²) in [5.41, 5.74) is 2.74. The molecule has 0 aliphatic carbocycles. The van der Waals surface area contributed by atoms with Gasteiger partial charge in [-0.15, -0.1) is 0 Å². The Labute approximate surface area is 119 Å². The molecule has 0 bridgehead atoms. The molecule has 3 atom stereocenters. The fourth-order valence-corrected chi connectivity index (χ4v) is 3.78. The van der Waals surface area contributed by atoms with E-state index in [0.29, 0.717) is 12.0 Å². The quantitative estimate of drug-likeness (QED) is 0.852. The Morgan fingerprint density at radius 1 is 1.42 bits per heavy atom. The first-order chi connectivity index (χ1) is 9.19. The topological polar surface area (TPSA) is 57.9 Å². The third-order valence-electron chi connectivity index (χ3n) is 3.90. The molecule has 1 aliphatic heterocycles. The molecule has 0 amide bonds. The van der Waals surface area contributed by atoms with E-state index in [9.17, 15) is 4.79 Å². The number of imidazole rings is 1. The van der Waals surface area contributed by atoms with Gasteiger partial charge in [0.05, 0.1) is 17.1 Å². The normalized spacial score (nSPS) is 24.9. The van der Waals surface area contributed by atoms with Crippen molar-refractivity contribution in [1.82, 2.24) is 9.97 Å². The highest BCUT2D eigenvalue weighted by Crippen LogP contribution is 2.40. The van der Waals surface area contributed by atoms with Crippen molar-refractivity contribution in [1.29, 1.82) is 0 Å². The van der Waals surface area contributed by atoms with Gasteiger partial charge in [-0.3, -0.25) is 0 Å². The van der Waals surface area contributed by atoms with Crippen LogP contribution in [0.15, 0.2) is 23.0 Å². The summed E-state index contributed by atoms with van der Waals surface area (Å²) in [5, 5.41) is 0. The molecule has 1 aromatic carbocycles. The third kappa shape index (κ3) is 2.37. The molecule has 0 radical (unpaired) electrons. The molecule has 2 heterocycles. The van der Waals surface area contributed by atoms with Crippen molar-refractivity contribution in [3.05, 3.63) is 34.2 Å². The zero-order chi connectivity index (χ0) is 13.4. The lowest BCUT2D eigenvalue weighted by atomic mass is 9.91. The second-order valence-electron chi connectivity index (χ2n) is 5.06. The molecule has 0 saturated carbocycles. The number of rotatable bonds is 3. The van der Waals surface area contributed by atoms with Crippen molar-refractivity contribution in [2.75, 3.05) is 6.61 Å². The lowest BCUT2D eigenvalue weighted by molar-refractivity contribution is 0.0873. The molecule has 3 unspecified atom stereocenters. The van der Waals surface area contributed by atoms with Crippen molar-refractivity contribution >= 4 is 27.0 Å². The van der Waals surface area contributed by atoms with Gasteiger partial charge in [0.2, 0.25) is 0 Å². The van der Waals surface area contributed by atoms with Crippen LogP contribution in [-0.2, 0) is 4.74 Å². The molecule has 5 heteroatoms. The molecule has 19 heavy (non-hydrogen) atoms. The Hall–Kier alpha value is -1.07. The van der Waals surface area contributed by atoms with Gasteiger partial charge in [-0.05, 0) is 30.5 Å². The molecule has 102 valence electrons. The Kier molecular flexibility index (Phi) is 3.50. The van der Waals surface area contributed by atoms with Gasteiger partial charge >= 0.3 is 5.69 Å². The Morgan fingerprint density at radius 3 is 3.00 bits per heavy atom. The lowest BCUT2D eigenvalue weighted by Gasteiger charge is -2.22. The number of benzene rings is 1. The minimum absolute atomic E-state index is 0.158. The number of nitrogens with one attached hydrogen (secondary N) is 2. The summed E-state index contributed by atoms with van der Waals surface area (Å²) in [7, 11) is 0. The molecular formula is C14H17BrN2O2. The van der Waals surface area contributed by atoms with E-state index in [-0.39, 0.29) is 10.5 Å². The van der Waals surface area contributed by atoms with Crippen LogP contribution in [0.3, 0.4) is 0 Å². The van der Waals surface area contributed by atoms with E-state index in [1.165, 1.54) is 5.56 Å². The van der Waals surface area contributed by atoms with Gasteiger partial charge in [-0.1, -0.05) is 28.9 Å². The minimum Gasteiger partial charge on any atom is -0.378 e. The second kappa shape index (κ2) is 5.13. The van der Waals surface area contributed by atoms with Crippen LogP contribution < -0.4 is 5.69 Å². The van der Waals surface area contributed by atoms with Gasteiger partial charge in [-0.25, -0.2) is 4.79 Å². The summed E-state index contributed by atoms with van der Waals surface area (Å²) in [6.45, 7) is 3.00. The SMILES string of the molecule is CCC1OCCC1C(Br)c1ccc2[nH]c(=O)[nH]c2c1. The highest BCUT2D eigenvalue weighted by Gasteiger charge is 2.33. The molecule has 2 aromatic rings. The molecule has 0 spiro atoms. The molecule has 3 rings (SSSR count). The van der Waals surface area contributed by atoms with E-state index in [1.807, 2.05) is 12.1 Å². The molecule has 4 nitrogen and oxygen atoms in total. The lowest BCUT2D eigenvalue weighted by Crippen LogP contribution is -2.18. The predicted octanol–water partition coefficient (Wildman–Crippen LogP) is 3.11. The van der Waals surface area contributed by atoms with E-state index >= 15 is 0 Å². The van der Waals surface area contributed by atoms with Gasteiger partial charge < -0.3 is 14.7 Å². The number of hydrogen-bond donors (Lipinski definition) is 2. The van der Waals surface area contributed by atoms with Gasteiger partial charge in [0, 0.05) is 17.4 Å². The van der Waals surface area contributed by atoms with Crippen LogP contribution in [0, 0.1) is 5.92 Å². The van der Waals surface area contributed by atoms with E-state index in [2.05, 4.69) is 38.9 Å². The third-order valence-corrected chi connectivity index (χ3v) is 5.11. The number of fused-ring (bicyclic) bond motifs is 1. The highest BCUT2D eigenvalue weighted by atomic mass is 79.9. The van der Waals surface area contributed by atoms with Crippen LogP contribution in [-0.4, -0.2) is 22.7 Å². The summed E-state index contributed by atoms with van der Waals surface area (Å²) in [6, 6.07) is 6.06. The zero-order valence-corrected chi connectivity index (χ0v) is 12.4. The summed E-state index contributed by atoms with van der Waals surface area (Å²) in [6.07, 6.45) is 2.44. The molecule has 2 N–H and O–H groups in total. The summed E-state index contributed by atoms with van der Waals surface area (Å²) in [5.74, 6) is 0.494. The van der Waals surface area contributed by atoms with Crippen LogP contribution in [0.1, 0.15) is 30.2 Å². The smallest absolute Gasteiger partial charge is 0.323 e. The van der Waals surface area contributed by atoms with E-state index in [0.717, 1.165) is 30.5 Å². The Morgan fingerprint density at radius 2 is 2.21 bits per heavy atom. The first-order valence-corrected chi connectivity index (χ1v) is 7.58. The number of halogens is 1. The number of alkyl halides is 1. The van der Waals surface area contributed by atoms with Crippen molar-refractivity contribution in [3.8, 4) is 0 Å². The monoisotopic (exact) mass is 324 g/mol. The maximum atomic E-state index is 11.3. The van der Waals surface area contributed by atoms with Crippen molar-refractivity contribution in [2.45, 2.75) is 30.7 Å². The Bertz CT molecular complexity index is 634. The van der Waals surface area contributed by atoms with E-state index < -0.39 is 0 Å². The molecule has 1 fully saturated rings. The first-order valence-electron chi connectivity index (χ1n) is 6.66. The summed E-state index contributed by atoms with van der Waals surface area (Å²) < 4.78 is 5.75. The zero-order valence-electron chi connectivity index (χ0n) is 10.8. The molecular weight excluding hydrogens is 308 g/mol. The van der Waals surface area contributed by atoms with Crippen LogP contribution in [0.4, 0.5) is 0 Å². The van der Waals surface area contributed by atoms with Crippen LogP contribution in [0.25, 0.3) is 11.0 Å². The van der Waals surface area contributed by atoms with Crippen LogP contribution >= 0.6 is 15.9 Å². The number of aromatic amines is 2. The fraction of sp³-hybridized carbons (Fsp3) is 0.500. The van der Waals surface area contributed by atoms with E-state index in [1.54, 1.807) is 0 Å². The van der Waals surface area contributed by atoms with Gasteiger partial charge in [-0.2, -0.15) is 0 Å². The van der Waals surface area contributed by atoms with Crippen LogP contribution in [0.5, 0.6) is 0 Å². The number of ether oxygens (including phenoxy) is 1. The average Bonchev–Trinajstić information content (AvgIpc) is 3.01. The summed E-state index contributed by atoms with van der Waals surface area (Å²) in [4.78, 5) is 17.1. The average molecular weight is 325 g/mol. The maximum absolute atomic E-state index is 11.3. The number of aromatic nitrogens is 2. The van der Waals surface area contributed by atoms with Gasteiger partial charge in [0.1, 0.15) is 0 Å². The van der Waals surface area contributed by atoms with Crippen molar-refractivity contribution in [2.24, 2.45) is 5.92 Å². The van der Waals surface area contributed by atoms with E-state index in [4.69, 9.17) is 4.74 Å². The maximum Gasteiger partial charge on any atom is 0.323 e. The number of hydrogen-bond acceptors (Lipinski definition) is 2. The Balaban J connectivity index is 1.92. The van der Waals surface area contributed by atoms with Gasteiger partial charge in [0.25, 0.3) is 0 Å². The standard InChI is InChI=1S/C14H17BrN2O2/c1-2-12-9(5-6-19-12)13(15)8-3-4-10-11(7-8)17-14(18)16-10/h3-4,7,9,12-13H,2,5-6H2,1H3,(H2,16,17,18). The summed E-state index contributed by atoms with van der Waals surface area (Å²) >= 11 is 3.80. The van der Waals surface area contributed by atoms with Crippen molar-refractivity contribution in [3.63, 3.8) is 0 Å². The minimum atomic E-state index is -0.158. The molecule has 1 aliphatic rings.